The van der Waals surface area contributed by atoms with Gasteiger partial charge in [0.1, 0.15) is 10.8 Å². The topological polar surface area (TPSA) is 24.9 Å². The lowest BCUT2D eigenvalue weighted by Crippen LogP contribution is -2.41. The van der Waals surface area contributed by atoms with Gasteiger partial charge < -0.3 is 5.32 Å². The Bertz CT molecular complexity index is 535. The van der Waals surface area contributed by atoms with Crippen LogP contribution in [0.25, 0.3) is 0 Å². The Balaban J connectivity index is 1.53. The van der Waals surface area contributed by atoms with E-state index in [4.69, 9.17) is 0 Å². The molecule has 1 saturated carbocycles. The van der Waals surface area contributed by atoms with Gasteiger partial charge in [-0.3, -0.25) is 0 Å². The zero-order chi connectivity index (χ0) is 13.2. The van der Waals surface area contributed by atoms with Crippen LogP contribution in [0.1, 0.15) is 42.3 Å². The van der Waals surface area contributed by atoms with Crippen LogP contribution in [0.15, 0.2) is 35.8 Å². The number of nitrogens with one attached hydrogen (secondary N) is 1. The third kappa shape index (κ3) is 2.85. The summed E-state index contributed by atoms with van der Waals surface area (Å²) in [6.45, 7) is 2.15. The molecule has 1 atom stereocenters. The van der Waals surface area contributed by atoms with Crippen LogP contribution in [0.3, 0.4) is 0 Å². The first kappa shape index (κ1) is 12.8. The van der Waals surface area contributed by atoms with Crippen LogP contribution in [0.2, 0.25) is 0 Å². The maximum atomic E-state index is 13.2. The van der Waals surface area contributed by atoms with E-state index in [-0.39, 0.29) is 5.82 Å². The number of hydrogen-bond acceptors (Lipinski definition) is 3. The molecule has 1 aliphatic carbocycles. The quantitative estimate of drug-likeness (QED) is 0.916. The minimum atomic E-state index is -0.134. The second-order valence-electron chi connectivity index (χ2n) is 5.18. The largest absolute Gasteiger partial charge is 0.305 e. The molecular weight excluding hydrogens is 259 g/mol. The normalized spacial score (nSPS) is 23.9. The lowest BCUT2D eigenvalue weighted by Gasteiger charge is -2.37. The summed E-state index contributed by atoms with van der Waals surface area (Å²) in [5.74, 6) is 0.363. The number of halogens is 1. The van der Waals surface area contributed by atoms with Gasteiger partial charge in [-0.1, -0.05) is 12.1 Å². The Morgan fingerprint density at radius 2 is 2.26 bits per heavy atom. The fraction of sp³-hybridized carbons (Fsp3) is 0.400. The lowest BCUT2D eigenvalue weighted by molar-refractivity contribution is 0.270. The Hall–Kier alpha value is -1.26. The van der Waals surface area contributed by atoms with Crippen molar-refractivity contribution in [3.05, 3.63) is 52.2 Å². The molecule has 4 heteroatoms. The number of rotatable bonds is 4. The summed E-state index contributed by atoms with van der Waals surface area (Å²) in [5, 5.41) is 6.72. The van der Waals surface area contributed by atoms with Crippen LogP contribution in [-0.2, 0) is 0 Å². The van der Waals surface area contributed by atoms with Crippen molar-refractivity contribution in [2.45, 2.75) is 37.8 Å². The fourth-order valence-corrected chi connectivity index (χ4v) is 3.31. The van der Waals surface area contributed by atoms with E-state index in [9.17, 15) is 4.39 Å². The monoisotopic (exact) mass is 276 g/mol. The molecule has 2 aromatic rings. The van der Waals surface area contributed by atoms with Crippen LogP contribution < -0.4 is 5.32 Å². The Morgan fingerprint density at radius 1 is 1.42 bits per heavy atom. The van der Waals surface area contributed by atoms with Crippen molar-refractivity contribution >= 4 is 11.3 Å². The maximum absolute atomic E-state index is 13.2. The van der Waals surface area contributed by atoms with Crippen LogP contribution in [0, 0.1) is 5.82 Å². The molecule has 1 aliphatic rings. The van der Waals surface area contributed by atoms with Crippen LogP contribution >= 0.6 is 11.3 Å². The van der Waals surface area contributed by atoms with Gasteiger partial charge in [0.15, 0.2) is 0 Å². The van der Waals surface area contributed by atoms with E-state index >= 15 is 0 Å². The first-order valence-electron chi connectivity index (χ1n) is 6.63. The number of benzene rings is 1. The van der Waals surface area contributed by atoms with Gasteiger partial charge in [-0.05, 0) is 43.4 Å². The van der Waals surface area contributed by atoms with Crippen LogP contribution in [0.4, 0.5) is 4.39 Å². The maximum Gasteiger partial charge on any atom is 0.123 e. The molecule has 0 amide bonds. The zero-order valence-corrected chi connectivity index (χ0v) is 11.7. The van der Waals surface area contributed by atoms with Gasteiger partial charge in [0.2, 0.25) is 0 Å². The van der Waals surface area contributed by atoms with Crippen molar-refractivity contribution in [3.63, 3.8) is 0 Å². The summed E-state index contributed by atoms with van der Waals surface area (Å²) in [6, 6.07) is 7.80. The molecule has 0 saturated heterocycles. The van der Waals surface area contributed by atoms with Gasteiger partial charge in [0, 0.05) is 17.6 Å². The standard InChI is InChI=1S/C15H17FN2S/c1-10(15-17-5-6-19-15)18-14-8-12(9-14)11-3-2-4-13(16)7-11/h2-7,10,12,14,18H,8-9H2,1H3. The first-order valence-corrected chi connectivity index (χ1v) is 7.51. The predicted molar refractivity (Wildman–Crippen MR) is 75.8 cm³/mol. The summed E-state index contributed by atoms with van der Waals surface area (Å²) in [5.41, 5.74) is 1.12. The number of aromatic nitrogens is 1. The molecule has 1 unspecified atom stereocenters. The molecule has 2 nitrogen and oxygen atoms in total. The molecule has 0 spiro atoms. The molecule has 1 aromatic carbocycles. The van der Waals surface area contributed by atoms with E-state index in [1.54, 1.807) is 23.5 Å². The predicted octanol–water partition coefficient (Wildman–Crippen LogP) is 3.88. The van der Waals surface area contributed by atoms with Crippen molar-refractivity contribution in [3.8, 4) is 0 Å². The minimum Gasteiger partial charge on any atom is -0.305 e. The Kier molecular flexibility index (Phi) is 3.62. The third-order valence-electron chi connectivity index (χ3n) is 3.77. The average molecular weight is 276 g/mol. The van der Waals surface area contributed by atoms with E-state index in [0.717, 1.165) is 23.4 Å². The summed E-state index contributed by atoms with van der Waals surface area (Å²) in [6.07, 6.45) is 4.01. The molecule has 1 aromatic heterocycles. The molecule has 0 radical (unpaired) electrons. The molecule has 0 bridgehead atoms. The van der Waals surface area contributed by atoms with Crippen molar-refractivity contribution in [2.75, 3.05) is 0 Å². The highest BCUT2D eigenvalue weighted by atomic mass is 32.1. The van der Waals surface area contributed by atoms with Gasteiger partial charge in [0.25, 0.3) is 0 Å². The van der Waals surface area contributed by atoms with Gasteiger partial charge in [-0.15, -0.1) is 11.3 Å². The lowest BCUT2D eigenvalue weighted by atomic mass is 9.75. The van der Waals surface area contributed by atoms with E-state index in [1.165, 1.54) is 6.07 Å². The number of nitrogens with zero attached hydrogens (tertiary/aromatic N) is 1. The molecular formula is C15H17FN2S. The summed E-state index contributed by atoms with van der Waals surface area (Å²) >= 11 is 1.68. The van der Waals surface area contributed by atoms with Gasteiger partial charge >= 0.3 is 0 Å². The first-order chi connectivity index (χ1) is 9.22. The highest BCUT2D eigenvalue weighted by Gasteiger charge is 2.31. The van der Waals surface area contributed by atoms with E-state index in [0.29, 0.717) is 18.0 Å². The van der Waals surface area contributed by atoms with Crippen molar-refractivity contribution in [2.24, 2.45) is 0 Å². The average Bonchev–Trinajstić information content (AvgIpc) is 2.86. The van der Waals surface area contributed by atoms with Crippen LogP contribution in [-0.4, -0.2) is 11.0 Å². The zero-order valence-electron chi connectivity index (χ0n) is 10.8. The van der Waals surface area contributed by atoms with Crippen molar-refractivity contribution in [1.29, 1.82) is 0 Å². The number of hydrogen-bond donors (Lipinski definition) is 1. The third-order valence-corrected chi connectivity index (χ3v) is 4.72. The van der Waals surface area contributed by atoms with Crippen LogP contribution in [0.5, 0.6) is 0 Å². The molecule has 1 N–H and O–H groups in total. The summed E-state index contributed by atoms with van der Waals surface area (Å²) < 4.78 is 13.2. The fourth-order valence-electron chi connectivity index (χ4n) is 2.66. The molecule has 1 fully saturated rings. The van der Waals surface area contributed by atoms with Crippen molar-refractivity contribution < 1.29 is 4.39 Å². The molecule has 100 valence electrons. The van der Waals surface area contributed by atoms with Crippen molar-refractivity contribution in [1.82, 2.24) is 10.3 Å². The molecule has 1 heterocycles. The van der Waals surface area contributed by atoms with E-state index in [2.05, 4.69) is 17.2 Å². The Labute approximate surface area is 116 Å². The molecule has 0 aliphatic heterocycles. The second kappa shape index (κ2) is 5.39. The number of thiazole rings is 1. The van der Waals surface area contributed by atoms with E-state index < -0.39 is 0 Å². The van der Waals surface area contributed by atoms with Gasteiger partial charge in [-0.25, -0.2) is 9.37 Å². The molecule has 3 rings (SSSR count). The SMILES string of the molecule is CC(NC1CC(c2cccc(F)c2)C1)c1nccs1. The highest BCUT2D eigenvalue weighted by Crippen LogP contribution is 2.38. The summed E-state index contributed by atoms with van der Waals surface area (Å²) in [4.78, 5) is 4.32. The molecule has 19 heavy (non-hydrogen) atoms. The minimum absolute atomic E-state index is 0.134. The van der Waals surface area contributed by atoms with E-state index in [1.807, 2.05) is 17.6 Å². The second-order valence-corrected chi connectivity index (χ2v) is 6.11. The van der Waals surface area contributed by atoms with Gasteiger partial charge in [-0.2, -0.15) is 0 Å². The Morgan fingerprint density at radius 3 is 2.95 bits per heavy atom. The summed E-state index contributed by atoms with van der Waals surface area (Å²) in [7, 11) is 0. The smallest absolute Gasteiger partial charge is 0.123 e. The van der Waals surface area contributed by atoms with Gasteiger partial charge in [0.05, 0.1) is 6.04 Å². The highest BCUT2D eigenvalue weighted by molar-refractivity contribution is 7.09.